The Morgan fingerprint density at radius 1 is 1.35 bits per heavy atom. The molecule has 0 aliphatic heterocycles. The molecule has 1 aromatic rings. The maximum absolute atomic E-state index is 13.6. The summed E-state index contributed by atoms with van der Waals surface area (Å²) in [5.74, 6) is -2.43. The molecule has 0 spiro atoms. The van der Waals surface area contributed by atoms with E-state index in [2.05, 4.69) is 0 Å². The normalized spacial score (nSPS) is 18.6. The predicted octanol–water partition coefficient (Wildman–Crippen LogP) is 3.14. The van der Waals surface area contributed by atoms with Crippen LogP contribution in [0.25, 0.3) is 0 Å². The van der Waals surface area contributed by atoms with E-state index in [0.29, 0.717) is 11.3 Å². The number of hydrogen-bond acceptors (Lipinski definition) is 2. The Bertz CT molecular complexity index is 422. The van der Waals surface area contributed by atoms with Crippen LogP contribution in [0.3, 0.4) is 0 Å². The Kier molecular flexibility index (Phi) is 2.86. The van der Waals surface area contributed by atoms with Gasteiger partial charge in [-0.05, 0) is 25.3 Å². The number of benzene rings is 1. The van der Waals surface area contributed by atoms with E-state index in [9.17, 15) is 8.78 Å². The molecule has 1 aromatic carbocycles. The van der Waals surface area contributed by atoms with Crippen molar-refractivity contribution in [1.82, 2.24) is 0 Å². The Morgan fingerprint density at radius 3 is 2.41 bits per heavy atom. The summed E-state index contributed by atoms with van der Waals surface area (Å²) < 4.78 is 32.4. The van der Waals surface area contributed by atoms with Crippen LogP contribution >= 0.6 is 0 Å². The molecule has 0 bridgehead atoms. The summed E-state index contributed by atoms with van der Waals surface area (Å²) in [5, 5.41) is 0. The molecule has 4 heteroatoms. The number of rotatable bonds is 3. The average molecular weight is 241 g/mol. The van der Waals surface area contributed by atoms with Crippen molar-refractivity contribution in [2.45, 2.75) is 37.6 Å². The second kappa shape index (κ2) is 3.95. The lowest BCUT2D eigenvalue weighted by atomic mass is 9.70. The Morgan fingerprint density at radius 2 is 2.00 bits per heavy atom. The highest BCUT2D eigenvalue weighted by Crippen LogP contribution is 2.47. The van der Waals surface area contributed by atoms with Crippen molar-refractivity contribution in [3.8, 4) is 5.75 Å². The van der Waals surface area contributed by atoms with Gasteiger partial charge in [0.1, 0.15) is 5.75 Å². The van der Waals surface area contributed by atoms with Crippen molar-refractivity contribution in [3.63, 3.8) is 0 Å². The summed E-state index contributed by atoms with van der Waals surface area (Å²) in [5.41, 5.74) is 5.99. The van der Waals surface area contributed by atoms with Crippen molar-refractivity contribution in [2.75, 3.05) is 7.11 Å². The van der Waals surface area contributed by atoms with Crippen molar-refractivity contribution >= 4 is 0 Å². The first-order valence-electron chi connectivity index (χ1n) is 5.73. The zero-order valence-electron chi connectivity index (χ0n) is 10.1. The molecule has 0 radical (unpaired) electrons. The number of ether oxygens (including phenoxy) is 1. The van der Waals surface area contributed by atoms with E-state index in [1.165, 1.54) is 13.2 Å². The minimum absolute atomic E-state index is 0.0148. The van der Waals surface area contributed by atoms with Gasteiger partial charge in [-0.15, -0.1) is 0 Å². The average Bonchev–Trinajstić information content (AvgIpc) is 2.23. The van der Waals surface area contributed by atoms with Gasteiger partial charge in [0.05, 0.1) is 7.11 Å². The maximum atomic E-state index is 13.6. The molecule has 2 rings (SSSR count). The molecule has 0 unspecified atom stereocenters. The minimum atomic E-state index is -2.90. The third-order valence-corrected chi connectivity index (χ3v) is 3.46. The van der Waals surface area contributed by atoms with Gasteiger partial charge in [-0.2, -0.15) is 0 Å². The topological polar surface area (TPSA) is 35.2 Å². The van der Waals surface area contributed by atoms with E-state index >= 15 is 0 Å². The number of methoxy groups -OCH3 is 1. The first-order valence-corrected chi connectivity index (χ1v) is 5.73. The molecule has 2 nitrogen and oxygen atoms in total. The van der Waals surface area contributed by atoms with Crippen LogP contribution in [0.2, 0.25) is 0 Å². The van der Waals surface area contributed by atoms with Crippen LogP contribution in [-0.4, -0.2) is 7.11 Å². The summed E-state index contributed by atoms with van der Waals surface area (Å²) in [6, 6.07) is 4.71. The molecule has 0 atom stereocenters. The maximum Gasteiger partial charge on any atom is 0.270 e. The number of nitrogens with two attached hydrogens (primary N) is 1. The monoisotopic (exact) mass is 241 g/mol. The van der Waals surface area contributed by atoms with Gasteiger partial charge in [-0.3, -0.25) is 0 Å². The summed E-state index contributed by atoms with van der Waals surface area (Å²) in [6.45, 7) is 0.896. The van der Waals surface area contributed by atoms with Crippen molar-refractivity contribution in [1.29, 1.82) is 0 Å². The summed E-state index contributed by atoms with van der Waals surface area (Å²) in [4.78, 5) is 0. The fraction of sp³-hybridized carbons (Fsp3) is 0.538. The lowest BCUT2D eigenvalue weighted by Gasteiger charge is -2.41. The fourth-order valence-electron chi connectivity index (χ4n) is 2.39. The van der Waals surface area contributed by atoms with Crippen LogP contribution in [0.1, 0.15) is 37.3 Å². The van der Waals surface area contributed by atoms with E-state index in [4.69, 9.17) is 10.5 Å². The van der Waals surface area contributed by atoms with Gasteiger partial charge in [0.25, 0.3) is 5.92 Å². The fourth-order valence-corrected chi connectivity index (χ4v) is 2.39. The van der Waals surface area contributed by atoms with Gasteiger partial charge in [-0.25, -0.2) is 8.78 Å². The molecule has 94 valence electrons. The molecule has 0 saturated heterocycles. The van der Waals surface area contributed by atoms with Gasteiger partial charge in [0.15, 0.2) is 0 Å². The molecule has 1 aliphatic carbocycles. The molecule has 1 fully saturated rings. The van der Waals surface area contributed by atoms with Crippen LogP contribution in [0.5, 0.6) is 5.75 Å². The van der Waals surface area contributed by atoms with Crippen LogP contribution in [0.4, 0.5) is 8.78 Å². The van der Waals surface area contributed by atoms with E-state index in [1.807, 2.05) is 0 Å². The zero-order chi connectivity index (χ0) is 12.7. The third kappa shape index (κ3) is 2.02. The Balaban J connectivity index is 2.60. The smallest absolute Gasteiger partial charge is 0.270 e. The molecule has 17 heavy (non-hydrogen) atoms. The van der Waals surface area contributed by atoms with Gasteiger partial charge in [0.2, 0.25) is 0 Å². The van der Waals surface area contributed by atoms with E-state index in [0.717, 1.165) is 26.2 Å². The molecule has 1 aliphatic rings. The quantitative estimate of drug-likeness (QED) is 0.882. The largest absolute Gasteiger partial charge is 0.496 e. The van der Waals surface area contributed by atoms with Gasteiger partial charge < -0.3 is 10.5 Å². The van der Waals surface area contributed by atoms with Crippen LogP contribution < -0.4 is 10.5 Å². The molecule has 0 aromatic heterocycles. The molecule has 1 saturated carbocycles. The second-order valence-corrected chi connectivity index (χ2v) is 4.78. The number of alkyl halides is 2. The lowest BCUT2D eigenvalue weighted by molar-refractivity contribution is 0.0137. The summed E-state index contributed by atoms with van der Waals surface area (Å²) in [7, 11) is 1.48. The van der Waals surface area contributed by atoms with Gasteiger partial charge >= 0.3 is 0 Å². The Hall–Kier alpha value is -1.16. The van der Waals surface area contributed by atoms with E-state index < -0.39 is 11.5 Å². The highest BCUT2D eigenvalue weighted by Gasteiger charge is 2.42. The first-order chi connectivity index (χ1) is 7.88. The van der Waals surface area contributed by atoms with E-state index in [-0.39, 0.29) is 5.56 Å². The van der Waals surface area contributed by atoms with Gasteiger partial charge in [-0.1, -0.05) is 12.1 Å². The molecular formula is C13H17F2NO. The molecule has 0 heterocycles. The number of halogens is 2. The summed E-state index contributed by atoms with van der Waals surface area (Å²) >= 11 is 0. The number of hydrogen-bond donors (Lipinski definition) is 1. The predicted molar refractivity (Wildman–Crippen MR) is 62.3 cm³/mol. The SMILES string of the molecule is COc1cccc(C(C)(F)F)c1C1(N)CCC1. The first kappa shape index (κ1) is 12.3. The van der Waals surface area contributed by atoms with Crippen LogP contribution in [0, 0.1) is 0 Å². The van der Waals surface area contributed by atoms with Crippen LogP contribution in [-0.2, 0) is 11.5 Å². The second-order valence-electron chi connectivity index (χ2n) is 4.78. The van der Waals surface area contributed by atoms with Crippen molar-refractivity contribution in [2.24, 2.45) is 5.73 Å². The molecular weight excluding hydrogens is 224 g/mol. The van der Waals surface area contributed by atoms with Crippen molar-refractivity contribution in [3.05, 3.63) is 29.3 Å². The Labute approximate surface area is 99.8 Å². The summed E-state index contributed by atoms with van der Waals surface area (Å²) in [6.07, 6.45) is 2.44. The van der Waals surface area contributed by atoms with Crippen molar-refractivity contribution < 1.29 is 13.5 Å². The van der Waals surface area contributed by atoms with E-state index in [1.54, 1.807) is 12.1 Å². The molecule has 0 amide bonds. The lowest BCUT2D eigenvalue weighted by Crippen LogP contribution is -2.45. The highest BCUT2D eigenvalue weighted by molar-refractivity contribution is 5.48. The van der Waals surface area contributed by atoms with Crippen LogP contribution in [0.15, 0.2) is 18.2 Å². The van der Waals surface area contributed by atoms with Gasteiger partial charge in [0, 0.05) is 23.6 Å². The molecule has 2 N–H and O–H groups in total. The highest BCUT2D eigenvalue weighted by atomic mass is 19.3. The zero-order valence-corrected chi connectivity index (χ0v) is 10.1. The third-order valence-electron chi connectivity index (χ3n) is 3.46. The standard InChI is InChI=1S/C13H17F2NO/c1-12(14,15)9-5-3-6-10(17-2)11(9)13(16)7-4-8-13/h3,5-6H,4,7-8,16H2,1-2H3. The minimum Gasteiger partial charge on any atom is -0.496 e.